The molecule has 0 spiro atoms. The molecule has 6 heteroatoms. The molecule has 0 bridgehead atoms. The first-order valence-electron chi connectivity index (χ1n) is 8.99. The molecule has 138 valence electrons. The maximum Gasteiger partial charge on any atom is 0.344 e. The molecule has 0 saturated heterocycles. The smallest absolute Gasteiger partial charge is 0.344 e. The van der Waals surface area contributed by atoms with Crippen molar-refractivity contribution in [3.63, 3.8) is 0 Å². The summed E-state index contributed by atoms with van der Waals surface area (Å²) in [5.41, 5.74) is 6.84. The fraction of sp³-hybridized carbons (Fsp3) is 0.579. The summed E-state index contributed by atoms with van der Waals surface area (Å²) in [5.74, 6) is 0.774. The van der Waals surface area contributed by atoms with E-state index in [-0.39, 0.29) is 24.4 Å². The third-order valence-corrected chi connectivity index (χ3v) is 4.60. The molecule has 2 atom stereocenters. The van der Waals surface area contributed by atoms with Crippen LogP contribution in [-0.2, 0) is 20.7 Å². The Labute approximate surface area is 149 Å². The summed E-state index contributed by atoms with van der Waals surface area (Å²) >= 11 is 0. The number of benzene rings is 1. The quantitative estimate of drug-likeness (QED) is 0.663. The van der Waals surface area contributed by atoms with Crippen LogP contribution in [0.1, 0.15) is 31.7 Å². The lowest BCUT2D eigenvalue weighted by Crippen LogP contribution is -2.36. The number of carbonyl (C=O) groups excluding carboxylic acids is 2. The lowest BCUT2D eigenvalue weighted by molar-refractivity contribution is -0.145. The highest BCUT2D eigenvalue weighted by atomic mass is 16.6. The van der Waals surface area contributed by atoms with Crippen LogP contribution < -0.4 is 15.8 Å². The SMILES string of the molecule is CCOC(=O)COc1ccc(CCNC(=O)[C@@H]2CCC[C@@H]2CN)cc1. The average Bonchev–Trinajstić information content (AvgIpc) is 3.10. The number of carbonyl (C=O) groups is 2. The maximum atomic E-state index is 12.2. The van der Waals surface area contributed by atoms with Gasteiger partial charge in [0.15, 0.2) is 6.61 Å². The van der Waals surface area contributed by atoms with Crippen molar-refractivity contribution in [1.29, 1.82) is 0 Å². The first-order valence-corrected chi connectivity index (χ1v) is 8.99. The molecule has 0 radical (unpaired) electrons. The van der Waals surface area contributed by atoms with Gasteiger partial charge in [-0.2, -0.15) is 0 Å². The number of ether oxygens (including phenoxy) is 2. The summed E-state index contributed by atoms with van der Waals surface area (Å²) in [5, 5.41) is 3.02. The van der Waals surface area contributed by atoms with Crippen LogP contribution in [0.3, 0.4) is 0 Å². The van der Waals surface area contributed by atoms with Gasteiger partial charge in [0, 0.05) is 12.5 Å². The number of hydrogen-bond acceptors (Lipinski definition) is 5. The van der Waals surface area contributed by atoms with Gasteiger partial charge in [0.05, 0.1) is 6.61 Å². The third kappa shape index (κ3) is 6.05. The first kappa shape index (κ1) is 19.2. The second-order valence-corrected chi connectivity index (χ2v) is 6.31. The van der Waals surface area contributed by atoms with Crippen LogP contribution in [0.5, 0.6) is 5.75 Å². The second kappa shape index (κ2) is 10.0. The number of nitrogens with one attached hydrogen (secondary N) is 1. The Kier molecular flexibility index (Phi) is 7.73. The van der Waals surface area contributed by atoms with Crippen molar-refractivity contribution in [1.82, 2.24) is 5.32 Å². The summed E-state index contributed by atoms with van der Waals surface area (Å²) in [6.45, 7) is 3.21. The van der Waals surface area contributed by atoms with Gasteiger partial charge in [-0.05, 0) is 56.3 Å². The van der Waals surface area contributed by atoms with Crippen molar-refractivity contribution in [2.75, 3.05) is 26.3 Å². The van der Waals surface area contributed by atoms with Crippen molar-refractivity contribution in [3.8, 4) is 5.75 Å². The fourth-order valence-electron chi connectivity index (χ4n) is 3.22. The Morgan fingerprint density at radius 2 is 2.00 bits per heavy atom. The van der Waals surface area contributed by atoms with Gasteiger partial charge in [-0.25, -0.2) is 4.79 Å². The van der Waals surface area contributed by atoms with Gasteiger partial charge in [-0.3, -0.25) is 4.79 Å². The summed E-state index contributed by atoms with van der Waals surface area (Å²) in [7, 11) is 0. The maximum absolute atomic E-state index is 12.2. The molecular weight excluding hydrogens is 320 g/mol. The summed E-state index contributed by atoms with van der Waals surface area (Å²) in [6, 6.07) is 7.51. The predicted octanol–water partition coefficient (Wildman–Crippen LogP) is 1.66. The minimum Gasteiger partial charge on any atom is -0.482 e. The predicted molar refractivity (Wildman–Crippen MR) is 95.2 cm³/mol. The van der Waals surface area contributed by atoms with E-state index in [2.05, 4.69) is 5.32 Å². The summed E-state index contributed by atoms with van der Waals surface area (Å²) in [4.78, 5) is 23.5. The van der Waals surface area contributed by atoms with E-state index in [1.807, 2.05) is 24.3 Å². The Balaban J connectivity index is 1.70. The average molecular weight is 348 g/mol. The normalized spacial score (nSPS) is 19.4. The number of hydrogen-bond donors (Lipinski definition) is 2. The van der Waals surface area contributed by atoms with Crippen LogP contribution >= 0.6 is 0 Å². The number of esters is 1. The van der Waals surface area contributed by atoms with E-state index in [0.717, 1.165) is 31.2 Å². The van der Waals surface area contributed by atoms with Gasteiger partial charge in [0.25, 0.3) is 0 Å². The second-order valence-electron chi connectivity index (χ2n) is 6.31. The molecule has 0 unspecified atom stereocenters. The minimum atomic E-state index is -0.378. The van der Waals surface area contributed by atoms with Crippen LogP contribution in [0.4, 0.5) is 0 Å². The van der Waals surface area contributed by atoms with Crippen molar-refractivity contribution < 1.29 is 19.1 Å². The molecule has 1 aromatic carbocycles. The Hall–Kier alpha value is -2.08. The highest BCUT2D eigenvalue weighted by molar-refractivity contribution is 5.79. The molecule has 1 aliphatic rings. The molecular formula is C19H28N2O4. The lowest BCUT2D eigenvalue weighted by atomic mass is 9.95. The number of nitrogens with two attached hydrogens (primary N) is 1. The number of amides is 1. The fourth-order valence-corrected chi connectivity index (χ4v) is 3.22. The largest absolute Gasteiger partial charge is 0.482 e. The van der Waals surface area contributed by atoms with E-state index in [0.29, 0.717) is 31.4 Å². The highest BCUT2D eigenvalue weighted by Crippen LogP contribution is 2.30. The molecule has 6 nitrogen and oxygen atoms in total. The zero-order valence-corrected chi connectivity index (χ0v) is 14.8. The molecule has 3 N–H and O–H groups in total. The lowest BCUT2D eigenvalue weighted by Gasteiger charge is -2.17. The third-order valence-electron chi connectivity index (χ3n) is 4.60. The van der Waals surface area contributed by atoms with E-state index < -0.39 is 0 Å². The topological polar surface area (TPSA) is 90.6 Å². The van der Waals surface area contributed by atoms with Crippen LogP contribution in [0, 0.1) is 11.8 Å². The molecule has 1 aromatic rings. The molecule has 0 aromatic heterocycles. The summed E-state index contributed by atoms with van der Waals surface area (Å²) < 4.78 is 10.2. The standard InChI is InChI=1S/C19H28N2O4/c1-2-24-18(22)13-25-16-8-6-14(7-9-16)10-11-21-19(23)17-5-3-4-15(17)12-20/h6-9,15,17H,2-5,10-13,20H2,1H3,(H,21,23)/t15-,17-/m1/s1. The summed E-state index contributed by atoms with van der Waals surface area (Å²) in [6.07, 6.45) is 3.85. The minimum absolute atomic E-state index is 0.0728. The molecule has 2 rings (SSSR count). The zero-order chi connectivity index (χ0) is 18.1. The molecule has 1 fully saturated rings. The molecule has 1 amide bonds. The van der Waals surface area contributed by atoms with E-state index >= 15 is 0 Å². The van der Waals surface area contributed by atoms with Crippen LogP contribution in [-0.4, -0.2) is 38.2 Å². The van der Waals surface area contributed by atoms with E-state index in [1.165, 1.54) is 0 Å². The van der Waals surface area contributed by atoms with Crippen molar-refractivity contribution in [3.05, 3.63) is 29.8 Å². The zero-order valence-electron chi connectivity index (χ0n) is 14.8. The molecule has 1 aliphatic carbocycles. The monoisotopic (exact) mass is 348 g/mol. The van der Waals surface area contributed by atoms with Gasteiger partial charge >= 0.3 is 5.97 Å². The number of rotatable bonds is 9. The highest BCUT2D eigenvalue weighted by Gasteiger charge is 2.31. The molecule has 25 heavy (non-hydrogen) atoms. The van der Waals surface area contributed by atoms with Crippen molar-refractivity contribution in [2.45, 2.75) is 32.6 Å². The van der Waals surface area contributed by atoms with Gasteiger partial charge in [0.2, 0.25) is 5.91 Å². The first-order chi connectivity index (χ1) is 12.1. The van der Waals surface area contributed by atoms with Gasteiger partial charge < -0.3 is 20.5 Å². The Morgan fingerprint density at radius 1 is 1.24 bits per heavy atom. The van der Waals surface area contributed by atoms with E-state index in [4.69, 9.17) is 15.2 Å². The molecule has 0 heterocycles. The van der Waals surface area contributed by atoms with Crippen LogP contribution in [0.25, 0.3) is 0 Å². The van der Waals surface area contributed by atoms with Gasteiger partial charge in [-0.1, -0.05) is 18.6 Å². The van der Waals surface area contributed by atoms with E-state index in [9.17, 15) is 9.59 Å². The Bertz CT molecular complexity index is 559. The van der Waals surface area contributed by atoms with Crippen LogP contribution in [0.2, 0.25) is 0 Å². The van der Waals surface area contributed by atoms with Gasteiger partial charge in [-0.15, -0.1) is 0 Å². The van der Waals surface area contributed by atoms with Gasteiger partial charge in [0.1, 0.15) is 5.75 Å². The van der Waals surface area contributed by atoms with Crippen molar-refractivity contribution in [2.24, 2.45) is 17.6 Å². The Morgan fingerprint density at radius 3 is 2.68 bits per heavy atom. The molecule has 1 saturated carbocycles. The van der Waals surface area contributed by atoms with E-state index in [1.54, 1.807) is 6.92 Å². The van der Waals surface area contributed by atoms with Crippen LogP contribution in [0.15, 0.2) is 24.3 Å². The van der Waals surface area contributed by atoms with Crippen molar-refractivity contribution >= 4 is 11.9 Å². The molecule has 0 aliphatic heterocycles.